The fraction of sp³-hybridized carbons (Fsp3) is 0.318. The smallest absolute Gasteiger partial charge is 0.261 e. The maximum absolute atomic E-state index is 12.7. The van der Waals surface area contributed by atoms with E-state index in [4.69, 9.17) is 0 Å². The molecule has 1 saturated heterocycles. The summed E-state index contributed by atoms with van der Waals surface area (Å²) in [5, 5.41) is 0. The van der Waals surface area contributed by atoms with Gasteiger partial charge in [-0.25, -0.2) is 0 Å². The van der Waals surface area contributed by atoms with Crippen LogP contribution in [0, 0.1) is 0 Å². The molecule has 3 heterocycles. The first kappa shape index (κ1) is 19.8. The third-order valence-electron chi connectivity index (χ3n) is 5.47. The summed E-state index contributed by atoms with van der Waals surface area (Å²) >= 11 is 0. The zero-order valence-corrected chi connectivity index (χ0v) is 16.5. The van der Waals surface area contributed by atoms with Crippen LogP contribution in [0.1, 0.15) is 43.9 Å². The lowest BCUT2D eigenvalue weighted by atomic mass is 10.1. The second-order valence-corrected chi connectivity index (χ2v) is 7.33. The molecule has 0 atom stereocenters. The third kappa shape index (κ3) is 3.80. The number of hydrogen-bond donors (Lipinski definition) is 0. The topological polar surface area (TPSA) is 90.9 Å². The number of rotatable bonds is 4. The van der Waals surface area contributed by atoms with E-state index in [2.05, 4.69) is 4.98 Å². The Balaban J connectivity index is 1.32. The van der Waals surface area contributed by atoms with Crippen molar-refractivity contribution in [3.05, 3.63) is 65.5 Å². The summed E-state index contributed by atoms with van der Waals surface area (Å²) in [6.45, 7) is 2.02. The van der Waals surface area contributed by atoms with E-state index in [1.165, 1.54) is 6.20 Å². The molecule has 0 N–H and O–H groups in total. The van der Waals surface area contributed by atoms with Crippen molar-refractivity contribution in [1.29, 1.82) is 0 Å². The third-order valence-corrected chi connectivity index (χ3v) is 5.47. The summed E-state index contributed by atoms with van der Waals surface area (Å²) < 4.78 is 0. The maximum Gasteiger partial charge on any atom is 0.261 e. The minimum Gasteiger partial charge on any atom is -0.341 e. The van der Waals surface area contributed by atoms with Gasteiger partial charge in [-0.2, -0.15) is 0 Å². The van der Waals surface area contributed by atoms with Crippen molar-refractivity contribution in [2.45, 2.75) is 12.8 Å². The molecule has 2 aliphatic heterocycles. The van der Waals surface area contributed by atoms with Crippen molar-refractivity contribution in [3.63, 3.8) is 0 Å². The fourth-order valence-electron chi connectivity index (χ4n) is 3.85. The first-order valence-corrected chi connectivity index (χ1v) is 9.98. The molecule has 2 aromatic rings. The number of carbonyl (C=O) groups excluding carboxylic acids is 4. The molecule has 4 rings (SSSR count). The number of imide groups is 1. The lowest BCUT2D eigenvalue weighted by Crippen LogP contribution is -2.39. The molecule has 0 aliphatic carbocycles. The standard InChI is InChI=1S/C22H22N4O4/c27-19(8-12-26-21(29)17-6-1-2-7-18(17)22(26)30)24-10-4-11-25(14-13-24)20(28)16-5-3-9-23-15-16/h1-3,5-7,9,15H,4,8,10-14H2. The predicted octanol–water partition coefficient (Wildman–Crippen LogP) is 1.44. The van der Waals surface area contributed by atoms with Crippen LogP contribution in [0.5, 0.6) is 0 Å². The van der Waals surface area contributed by atoms with Crippen molar-refractivity contribution >= 4 is 23.6 Å². The number of aromatic nitrogens is 1. The highest BCUT2D eigenvalue weighted by Crippen LogP contribution is 2.22. The van der Waals surface area contributed by atoms with Gasteiger partial charge in [0.25, 0.3) is 17.7 Å². The summed E-state index contributed by atoms with van der Waals surface area (Å²) in [7, 11) is 0. The largest absolute Gasteiger partial charge is 0.341 e. The Hall–Kier alpha value is -3.55. The van der Waals surface area contributed by atoms with Gasteiger partial charge in [0.2, 0.25) is 5.91 Å². The highest BCUT2D eigenvalue weighted by Gasteiger charge is 2.35. The lowest BCUT2D eigenvalue weighted by molar-refractivity contribution is -0.131. The first-order chi connectivity index (χ1) is 14.6. The van der Waals surface area contributed by atoms with E-state index in [1.807, 2.05) is 0 Å². The van der Waals surface area contributed by atoms with Crippen LogP contribution in [0.2, 0.25) is 0 Å². The second-order valence-electron chi connectivity index (χ2n) is 7.33. The molecule has 4 amide bonds. The van der Waals surface area contributed by atoms with Gasteiger partial charge < -0.3 is 9.80 Å². The SMILES string of the molecule is O=C(CCN1C(=O)c2ccccc2C1=O)N1CCCN(C(=O)c2cccnc2)CC1. The monoisotopic (exact) mass is 406 g/mol. The minimum absolute atomic E-state index is 0.0556. The molecule has 0 unspecified atom stereocenters. The van der Waals surface area contributed by atoms with E-state index >= 15 is 0 Å². The van der Waals surface area contributed by atoms with Crippen LogP contribution in [0.25, 0.3) is 0 Å². The normalized spacial score (nSPS) is 16.5. The molecule has 0 spiro atoms. The Bertz CT molecular complexity index is 957. The van der Waals surface area contributed by atoms with Crippen LogP contribution in [0.4, 0.5) is 0 Å². The van der Waals surface area contributed by atoms with Gasteiger partial charge in [0.05, 0.1) is 16.7 Å². The molecule has 30 heavy (non-hydrogen) atoms. The molecule has 1 aromatic carbocycles. The zero-order chi connectivity index (χ0) is 21.1. The Kier molecular flexibility index (Phi) is 5.56. The van der Waals surface area contributed by atoms with Gasteiger partial charge in [-0.15, -0.1) is 0 Å². The van der Waals surface area contributed by atoms with Crippen LogP contribution in [0.15, 0.2) is 48.8 Å². The van der Waals surface area contributed by atoms with E-state index in [-0.39, 0.29) is 36.6 Å². The van der Waals surface area contributed by atoms with Crippen molar-refractivity contribution < 1.29 is 19.2 Å². The van der Waals surface area contributed by atoms with Gasteiger partial charge in [-0.3, -0.25) is 29.1 Å². The highest BCUT2D eigenvalue weighted by atomic mass is 16.2. The van der Waals surface area contributed by atoms with E-state index in [0.717, 1.165) is 4.90 Å². The van der Waals surface area contributed by atoms with Gasteiger partial charge in [0.1, 0.15) is 0 Å². The number of fused-ring (bicyclic) bond motifs is 1. The second kappa shape index (κ2) is 8.44. The number of carbonyl (C=O) groups is 4. The van der Waals surface area contributed by atoms with E-state index in [0.29, 0.717) is 49.3 Å². The summed E-state index contributed by atoms with van der Waals surface area (Å²) in [6.07, 6.45) is 3.90. The summed E-state index contributed by atoms with van der Waals surface area (Å²) in [5.74, 6) is -0.925. The average molecular weight is 406 g/mol. The molecule has 8 nitrogen and oxygen atoms in total. The minimum atomic E-state index is -0.354. The van der Waals surface area contributed by atoms with Crippen molar-refractivity contribution in [1.82, 2.24) is 19.7 Å². The van der Waals surface area contributed by atoms with Gasteiger partial charge in [0, 0.05) is 51.5 Å². The number of amides is 4. The summed E-state index contributed by atoms with van der Waals surface area (Å²) in [6, 6.07) is 10.1. The number of benzene rings is 1. The maximum atomic E-state index is 12.7. The molecule has 2 aliphatic rings. The molecule has 0 radical (unpaired) electrons. The Morgan fingerprint density at radius 3 is 2.20 bits per heavy atom. The molecule has 0 saturated carbocycles. The molecular weight excluding hydrogens is 384 g/mol. The van der Waals surface area contributed by atoms with Crippen molar-refractivity contribution in [3.8, 4) is 0 Å². The molecule has 8 heteroatoms. The first-order valence-electron chi connectivity index (χ1n) is 9.98. The number of nitrogens with zero attached hydrogens (tertiary/aromatic N) is 4. The Morgan fingerprint density at radius 1 is 0.867 bits per heavy atom. The van der Waals surface area contributed by atoms with Gasteiger partial charge >= 0.3 is 0 Å². The summed E-state index contributed by atoms with van der Waals surface area (Å²) in [4.78, 5) is 58.7. The van der Waals surface area contributed by atoms with Crippen LogP contribution < -0.4 is 0 Å². The van der Waals surface area contributed by atoms with Crippen LogP contribution in [0.3, 0.4) is 0 Å². The quantitative estimate of drug-likeness (QED) is 0.717. The molecule has 0 bridgehead atoms. The van der Waals surface area contributed by atoms with Crippen LogP contribution in [-0.2, 0) is 4.79 Å². The van der Waals surface area contributed by atoms with E-state index < -0.39 is 0 Å². The van der Waals surface area contributed by atoms with Crippen LogP contribution >= 0.6 is 0 Å². The van der Waals surface area contributed by atoms with Gasteiger partial charge in [-0.1, -0.05) is 12.1 Å². The van der Waals surface area contributed by atoms with Crippen LogP contribution in [-0.4, -0.2) is 76.0 Å². The molecular formula is C22H22N4O4. The highest BCUT2D eigenvalue weighted by molar-refractivity contribution is 6.21. The van der Waals surface area contributed by atoms with Crippen molar-refractivity contribution in [2.75, 3.05) is 32.7 Å². The molecule has 154 valence electrons. The Morgan fingerprint density at radius 2 is 1.53 bits per heavy atom. The van der Waals surface area contributed by atoms with Gasteiger partial charge in [0.15, 0.2) is 0 Å². The molecule has 1 fully saturated rings. The summed E-state index contributed by atoms with van der Waals surface area (Å²) in [5.41, 5.74) is 1.30. The van der Waals surface area contributed by atoms with E-state index in [9.17, 15) is 19.2 Å². The van der Waals surface area contributed by atoms with Gasteiger partial charge in [-0.05, 0) is 30.7 Å². The van der Waals surface area contributed by atoms with Crippen molar-refractivity contribution in [2.24, 2.45) is 0 Å². The fourth-order valence-corrected chi connectivity index (χ4v) is 3.85. The Labute approximate surface area is 174 Å². The average Bonchev–Trinajstić information content (AvgIpc) is 2.95. The predicted molar refractivity (Wildman–Crippen MR) is 108 cm³/mol. The number of pyridine rings is 1. The zero-order valence-electron chi connectivity index (χ0n) is 16.5. The number of hydrogen-bond acceptors (Lipinski definition) is 5. The molecule has 1 aromatic heterocycles. The van der Waals surface area contributed by atoms with E-state index in [1.54, 1.807) is 52.4 Å². The lowest BCUT2D eigenvalue weighted by Gasteiger charge is -2.23.